The zero-order valence-corrected chi connectivity index (χ0v) is 9.51. The Hall–Kier alpha value is -1.26. The van der Waals surface area contributed by atoms with E-state index >= 15 is 0 Å². The van der Waals surface area contributed by atoms with E-state index in [2.05, 4.69) is 20.9 Å². The molecule has 1 fully saturated rings. The third kappa shape index (κ3) is 1.54. The summed E-state index contributed by atoms with van der Waals surface area (Å²) in [6, 6.07) is 0.828. The van der Waals surface area contributed by atoms with Crippen molar-refractivity contribution in [3.8, 4) is 5.75 Å². The summed E-state index contributed by atoms with van der Waals surface area (Å²) in [5, 5.41) is 9.48. The molecule has 0 spiro atoms. The number of rotatable bonds is 2. The maximum Gasteiger partial charge on any atom is 0.235 e. The second kappa shape index (κ2) is 3.64. The molecule has 1 saturated carbocycles. The summed E-state index contributed by atoms with van der Waals surface area (Å²) < 4.78 is 26.9. The molecule has 6 heteroatoms. The van der Waals surface area contributed by atoms with E-state index in [4.69, 9.17) is 0 Å². The number of benzene rings is 1. The van der Waals surface area contributed by atoms with Gasteiger partial charge in [0.1, 0.15) is 11.4 Å². The Morgan fingerprint density at radius 2 is 2.12 bits per heavy atom. The average Bonchev–Trinajstić information content (AvgIpc) is 2.97. The lowest BCUT2D eigenvalue weighted by molar-refractivity contribution is 0.407. The number of carbonyl (C=O) groups excluding carboxylic acids is 1. The van der Waals surface area contributed by atoms with Gasteiger partial charge in [-0.15, -0.1) is 0 Å². The van der Waals surface area contributed by atoms with Crippen molar-refractivity contribution in [3.05, 3.63) is 27.7 Å². The van der Waals surface area contributed by atoms with Gasteiger partial charge in [-0.2, -0.15) is 4.99 Å². The second-order valence-electron chi connectivity index (χ2n) is 3.61. The van der Waals surface area contributed by atoms with Crippen molar-refractivity contribution in [1.82, 2.24) is 0 Å². The van der Waals surface area contributed by atoms with Crippen LogP contribution < -0.4 is 0 Å². The van der Waals surface area contributed by atoms with Crippen molar-refractivity contribution in [3.63, 3.8) is 0 Å². The summed E-state index contributed by atoms with van der Waals surface area (Å²) >= 11 is 2.84. The van der Waals surface area contributed by atoms with Gasteiger partial charge in [0.2, 0.25) is 6.08 Å². The standard InChI is InChI=1S/C10H6BrF2NO2/c11-5-3-6(12)9(16)7(8(5)13)10(1-2-10)14-4-15/h3,16H,1-2H2. The minimum atomic E-state index is -1.14. The highest BCUT2D eigenvalue weighted by Gasteiger charge is 2.49. The molecule has 3 nitrogen and oxygen atoms in total. The first-order chi connectivity index (χ1) is 7.52. The number of hydrogen-bond acceptors (Lipinski definition) is 3. The fourth-order valence-electron chi connectivity index (χ4n) is 1.63. The Labute approximate surface area is 97.9 Å². The van der Waals surface area contributed by atoms with E-state index in [1.54, 1.807) is 0 Å². The van der Waals surface area contributed by atoms with E-state index in [-0.39, 0.29) is 10.0 Å². The smallest absolute Gasteiger partial charge is 0.235 e. The van der Waals surface area contributed by atoms with Gasteiger partial charge in [0.05, 0.1) is 10.0 Å². The molecular formula is C10H6BrF2NO2. The van der Waals surface area contributed by atoms with Gasteiger partial charge in [0.15, 0.2) is 11.6 Å². The first-order valence-corrected chi connectivity index (χ1v) is 5.27. The number of phenolic OH excluding ortho intramolecular Hbond substituents is 1. The molecule has 0 unspecified atom stereocenters. The molecule has 84 valence electrons. The molecule has 0 saturated heterocycles. The molecule has 1 N–H and O–H groups in total. The summed E-state index contributed by atoms with van der Waals surface area (Å²) in [6.45, 7) is 0. The fourth-order valence-corrected chi connectivity index (χ4v) is 2.03. The van der Waals surface area contributed by atoms with Crippen molar-refractivity contribution in [2.75, 3.05) is 0 Å². The maximum atomic E-state index is 13.7. The molecule has 2 rings (SSSR count). The van der Waals surface area contributed by atoms with Crippen LogP contribution >= 0.6 is 15.9 Å². The molecule has 0 radical (unpaired) electrons. The van der Waals surface area contributed by atoms with Crippen molar-refractivity contribution < 1.29 is 18.7 Å². The van der Waals surface area contributed by atoms with E-state index in [9.17, 15) is 18.7 Å². The topological polar surface area (TPSA) is 49.7 Å². The van der Waals surface area contributed by atoms with Crippen LogP contribution in [0.3, 0.4) is 0 Å². The molecule has 1 aliphatic rings. The molecule has 0 heterocycles. The Bertz CT molecular complexity index is 482. The summed E-state index contributed by atoms with van der Waals surface area (Å²) in [6.07, 6.45) is 2.10. The lowest BCUT2D eigenvalue weighted by atomic mass is 10.0. The normalized spacial score (nSPS) is 16.7. The average molecular weight is 290 g/mol. The van der Waals surface area contributed by atoms with Gasteiger partial charge in [-0.3, -0.25) is 0 Å². The third-order valence-electron chi connectivity index (χ3n) is 2.59. The first-order valence-electron chi connectivity index (χ1n) is 4.48. The predicted molar refractivity (Wildman–Crippen MR) is 54.8 cm³/mol. The Balaban J connectivity index is 2.69. The molecule has 1 aromatic carbocycles. The van der Waals surface area contributed by atoms with E-state index in [1.165, 1.54) is 6.08 Å². The predicted octanol–water partition coefficient (Wildman–Crippen LogP) is 2.76. The van der Waals surface area contributed by atoms with Crippen LogP contribution in [0.25, 0.3) is 0 Å². The zero-order chi connectivity index (χ0) is 11.9. The maximum absolute atomic E-state index is 13.7. The molecule has 0 aliphatic heterocycles. The van der Waals surface area contributed by atoms with Crippen LogP contribution in [-0.2, 0) is 10.3 Å². The highest BCUT2D eigenvalue weighted by Crippen LogP contribution is 2.54. The lowest BCUT2D eigenvalue weighted by Gasteiger charge is -2.13. The Morgan fingerprint density at radius 3 is 2.62 bits per heavy atom. The highest BCUT2D eigenvalue weighted by molar-refractivity contribution is 9.10. The van der Waals surface area contributed by atoms with Crippen LogP contribution in [0.5, 0.6) is 5.75 Å². The summed E-state index contributed by atoms with van der Waals surface area (Å²) in [5.41, 5.74) is -1.41. The van der Waals surface area contributed by atoms with E-state index in [1.807, 2.05) is 0 Å². The van der Waals surface area contributed by atoms with Gasteiger partial charge in [-0.25, -0.2) is 13.6 Å². The Morgan fingerprint density at radius 1 is 1.50 bits per heavy atom. The van der Waals surface area contributed by atoms with Crippen molar-refractivity contribution >= 4 is 22.0 Å². The van der Waals surface area contributed by atoms with Crippen molar-refractivity contribution in [2.24, 2.45) is 4.99 Å². The quantitative estimate of drug-likeness (QED) is 0.517. The number of isocyanates is 1. The van der Waals surface area contributed by atoms with E-state index in [0.717, 1.165) is 6.07 Å². The van der Waals surface area contributed by atoms with Gasteiger partial charge in [0.25, 0.3) is 0 Å². The molecule has 0 amide bonds. The van der Waals surface area contributed by atoms with Crippen LogP contribution in [-0.4, -0.2) is 11.2 Å². The molecule has 0 atom stereocenters. The number of nitrogens with zero attached hydrogens (tertiary/aromatic N) is 1. The summed E-state index contributed by atoms with van der Waals surface area (Å²) in [7, 11) is 0. The van der Waals surface area contributed by atoms with Crippen LogP contribution in [0.4, 0.5) is 8.78 Å². The van der Waals surface area contributed by atoms with Gasteiger partial charge in [-0.1, -0.05) is 0 Å². The van der Waals surface area contributed by atoms with Crippen molar-refractivity contribution in [1.29, 1.82) is 0 Å². The molecule has 0 aromatic heterocycles. The first kappa shape index (κ1) is 11.2. The largest absolute Gasteiger partial charge is 0.504 e. The number of aromatic hydroxyl groups is 1. The van der Waals surface area contributed by atoms with Crippen molar-refractivity contribution in [2.45, 2.75) is 18.4 Å². The van der Waals surface area contributed by atoms with Gasteiger partial charge in [-0.05, 0) is 34.8 Å². The molecule has 1 aromatic rings. The van der Waals surface area contributed by atoms with Crippen LogP contribution in [0.2, 0.25) is 0 Å². The number of aliphatic imine (C=N–C) groups is 1. The Kier molecular flexibility index (Phi) is 2.56. The van der Waals surface area contributed by atoms with Crippen LogP contribution in [0.1, 0.15) is 18.4 Å². The highest BCUT2D eigenvalue weighted by atomic mass is 79.9. The SMILES string of the molecule is O=C=NC1(c2c(O)c(F)cc(Br)c2F)CC1. The van der Waals surface area contributed by atoms with Gasteiger partial charge in [0, 0.05) is 0 Å². The molecule has 1 aliphatic carbocycles. The van der Waals surface area contributed by atoms with Gasteiger partial charge < -0.3 is 5.11 Å². The van der Waals surface area contributed by atoms with Gasteiger partial charge >= 0.3 is 0 Å². The number of halogens is 3. The minimum Gasteiger partial charge on any atom is -0.504 e. The number of hydrogen-bond donors (Lipinski definition) is 1. The third-order valence-corrected chi connectivity index (χ3v) is 3.17. The minimum absolute atomic E-state index is 0.106. The summed E-state index contributed by atoms with van der Waals surface area (Å²) in [5.74, 6) is -2.54. The zero-order valence-electron chi connectivity index (χ0n) is 7.93. The summed E-state index contributed by atoms with van der Waals surface area (Å²) in [4.78, 5) is 13.7. The molecule has 0 bridgehead atoms. The number of phenols is 1. The monoisotopic (exact) mass is 289 g/mol. The van der Waals surface area contributed by atoms with Crippen LogP contribution in [0, 0.1) is 11.6 Å². The fraction of sp³-hybridized carbons (Fsp3) is 0.300. The molecule has 16 heavy (non-hydrogen) atoms. The molecular weight excluding hydrogens is 284 g/mol. The lowest BCUT2D eigenvalue weighted by Crippen LogP contribution is -2.08. The second-order valence-corrected chi connectivity index (χ2v) is 4.47. The van der Waals surface area contributed by atoms with Crippen LogP contribution in [0.15, 0.2) is 15.5 Å². The van der Waals surface area contributed by atoms with E-state index < -0.39 is 22.9 Å². The van der Waals surface area contributed by atoms with E-state index in [0.29, 0.717) is 12.8 Å².